The molecule has 0 radical (unpaired) electrons. The van der Waals surface area contributed by atoms with E-state index in [-0.39, 0.29) is 6.61 Å². The van der Waals surface area contributed by atoms with Crippen molar-refractivity contribution >= 4 is 23.2 Å². The molecule has 0 atom stereocenters. The van der Waals surface area contributed by atoms with Gasteiger partial charge < -0.3 is 13.9 Å². The Kier molecular flexibility index (Phi) is 4.55. The average Bonchev–Trinajstić information content (AvgIpc) is 2.90. The molecule has 0 spiro atoms. The standard InChI is InChI=1S/C15H14O5/c1-2-18-15(17)4-3-6-19-14-9-13-11(5-7-20-13)8-12(14)10-16/h3-5,7-10H,2,6H2,1H3/b4-3+. The summed E-state index contributed by atoms with van der Waals surface area (Å²) in [5.41, 5.74) is 1.07. The SMILES string of the molecule is CCOC(=O)/C=C/COc1cc2occc2cc1C=O. The van der Waals surface area contributed by atoms with Crippen LogP contribution in [0.25, 0.3) is 11.0 Å². The Balaban J connectivity index is 2.05. The van der Waals surface area contributed by atoms with Gasteiger partial charge in [-0.3, -0.25) is 4.79 Å². The van der Waals surface area contributed by atoms with E-state index in [0.717, 1.165) is 11.7 Å². The Labute approximate surface area is 115 Å². The third-order valence-electron chi connectivity index (χ3n) is 2.59. The minimum atomic E-state index is -0.423. The molecule has 0 aliphatic heterocycles. The van der Waals surface area contributed by atoms with E-state index in [4.69, 9.17) is 13.9 Å². The Hall–Kier alpha value is -2.56. The molecule has 1 heterocycles. The first-order valence-corrected chi connectivity index (χ1v) is 6.17. The van der Waals surface area contributed by atoms with E-state index < -0.39 is 5.97 Å². The number of carbonyl (C=O) groups is 2. The second kappa shape index (κ2) is 6.56. The van der Waals surface area contributed by atoms with Crippen molar-refractivity contribution < 1.29 is 23.5 Å². The number of ether oxygens (including phenoxy) is 2. The van der Waals surface area contributed by atoms with Crippen LogP contribution in [0.2, 0.25) is 0 Å². The van der Waals surface area contributed by atoms with Crippen LogP contribution in [0.3, 0.4) is 0 Å². The minimum absolute atomic E-state index is 0.159. The summed E-state index contributed by atoms with van der Waals surface area (Å²) in [7, 11) is 0. The maximum atomic E-state index is 11.1. The van der Waals surface area contributed by atoms with Crippen LogP contribution >= 0.6 is 0 Å². The molecular weight excluding hydrogens is 260 g/mol. The zero-order valence-electron chi connectivity index (χ0n) is 11.0. The van der Waals surface area contributed by atoms with E-state index in [9.17, 15) is 9.59 Å². The van der Waals surface area contributed by atoms with Crippen LogP contribution in [-0.2, 0) is 9.53 Å². The van der Waals surface area contributed by atoms with Crippen molar-refractivity contribution in [3.05, 3.63) is 42.2 Å². The van der Waals surface area contributed by atoms with Crippen LogP contribution in [0.1, 0.15) is 17.3 Å². The van der Waals surface area contributed by atoms with Gasteiger partial charge in [0.2, 0.25) is 0 Å². The van der Waals surface area contributed by atoms with E-state index in [1.807, 2.05) is 0 Å². The number of aldehydes is 1. The maximum Gasteiger partial charge on any atom is 0.330 e. The van der Waals surface area contributed by atoms with Gasteiger partial charge in [0.25, 0.3) is 0 Å². The van der Waals surface area contributed by atoms with Gasteiger partial charge in [-0.05, 0) is 25.1 Å². The lowest BCUT2D eigenvalue weighted by molar-refractivity contribution is -0.137. The summed E-state index contributed by atoms with van der Waals surface area (Å²) < 4.78 is 15.4. The van der Waals surface area contributed by atoms with E-state index >= 15 is 0 Å². The number of hydrogen-bond acceptors (Lipinski definition) is 5. The highest BCUT2D eigenvalue weighted by Gasteiger charge is 2.07. The van der Waals surface area contributed by atoms with Crippen molar-refractivity contribution in [3.63, 3.8) is 0 Å². The fourth-order valence-electron chi connectivity index (χ4n) is 1.70. The Morgan fingerprint density at radius 2 is 2.25 bits per heavy atom. The molecule has 20 heavy (non-hydrogen) atoms. The number of hydrogen-bond donors (Lipinski definition) is 0. The second-order valence-electron chi connectivity index (χ2n) is 3.93. The lowest BCUT2D eigenvalue weighted by atomic mass is 10.1. The number of fused-ring (bicyclic) bond motifs is 1. The molecule has 0 saturated heterocycles. The predicted octanol–water partition coefficient (Wildman–Crippen LogP) is 2.74. The molecule has 0 aliphatic carbocycles. The molecule has 0 bridgehead atoms. The smallest absolute Gasteiger partial charge is 0.330 e. The van der Waals surface area contributed by atoms with Gasteiger partial charge in [0.15, 0.2) is 6.29 Å². The summed E-state index contributed by atoms with van der Waals surface area (Å²) in [6, 6.07) is 5.11. The van der Waals surface area contributed by atoms with Gasteiger partial charge in [0, 0.05) is 17.5 Å². The van der Waals surface area contributed by atoms with Crippen molar-refractivity contribution in [2.24, 2.45) is 0 Å². The monoisotopic (exact) mass is 274 g/mol. The molecule has 2 rings (SSSR count). The van der Waals surface area contributed by atoms with Crippen molar-refractivity contribution in [3.8, 4) is 5.75 Å². The van der Waals surface area contributed by atoms with Crippen LogP contribution in [0, 0.1) is 0 Å². The molecule has 2 aromatic rings. The normalized spacial score (nSPS) is 10.8. The molecule has 5 heteroatoms. The molecule has 0 fully saturated rings. The molecule has 1 aromatic heterocycles. The molecule has 0 N–H and O–H groups in total. The highest BCUT2D eigenvalue weighted by atomic mass is 16.5. The van der Waals surface area contributed by atoms with Crippen molar-refractivity contribution in [1.29, 1.82) is 0 Å². The summed E-state index contributed by atoms with van der Waals surface area (Å²) in [6.07, 6.45) is 5.08. The number of rotatable bonds is 6. The first kappa shape index (κ1) is 13.9. The summed E-state index contributed by atoms with van der Waals surface area (Å²) in [5, 5.41) is 0.835. The molecular formula is C15H14O5. The first-order chi connectivity index (χ1) is 9.74. The number of benzene rings is 1. The summed E-state index contributed by atoms with van der Waals surface area (Å²) in [4.78, 5) is 22.1. The summed E-state index contributed by atoms with van der Waals surface area (Å²) in [6.45, 7) is 2.22. The van der Waals surface area contributed by atoms with Crippen LogP contribution < -0.4 is 4.74 Å². The van der Waals surface area contributed by atoms with Gasteiger partial charge in [-0.1, -0.05) is 0 Å². The van der Waals surface area contributed by atoms with E-state index in [1.165, 1.54) is 12.2 Å². The molecule has 5 nitrogen and oxygen atoms in total. The maximum absolute atomic E-state index is 11.1. The van der Waals surface area contributed by atoms with Crippen molar-refractivity contribution in [2.45, 2.75) is 6.92 Å². The van der Waals surface area contributed by atoms with Gasteiger partial charge in [-0.2, -0.15) is 0 Å². The Bertz CT molecular complexity index is 639. The fourth-order valence-corrected chi connectivity index (χ4v) is 1.70. The zero-order valence-corrected chi connectivity index (χ0v) is 11.0. The number of furan rings is 1. The van der Waals surface area contributed by atoms with E-state index in [0.29, 0.717) is 23.5 Å². The zero-order chi connectivity index (χ0) is 14.4. The third kappa shape index (κ3) is 3.26. The predicted molar refractivity (Wildman–Crippen MR) is 72.9 cm³/mol. The number of carbonyl (C=O) groups excluding carboxylic acids is 2. The minimum Gasteiger partial charge on any atom is -0.489 e. The molecule has 0 amide bonds. The summed E-state index contributed by atoms with van der Waals surface area (Å²) >= 11 is 0. The summed E-state index contributed by atoms with van der Waals surface area (Å²) in [5.74, 6) is -0.0100. The quantitative estimate of drug-likeness (QED) is 0.460. The lowest BCUT2D eigenvalue weighted by Crippen LogP contribution is -2.01. The van der Waals surface area contributed by atoms with E-state index in [1.54, 1.807) is 31.4 Å². The molecule has 0 unspecified atom stereocenters. The molecule has 1 aromatic carbocycles. The largest absolute Gasteiger partial charge is 0.489 e. The molecule has 0 saturated carbocycles. The van der Waals surface area contributed by atoms with Crippen LogP contribution in [-0.4, -0.2) is 25.5 Å². The fraction of sp³-hybridized carbons (Fsp3) is 0.200. The van der Waals surface area contributed by atoms with Gasteiger partial charge in [-0.15, -0.1) is 0 Å². The van der Waals surface area contributed by atoms with Crippen LogP contribution in [0.15, 0.2) is 41.0 Å². The Morgan fingerprint density at radius 1 is 1.40 bits per heavy atom. The molecule has 104 valence electrons. The lowest BCUT2D eigenvalue weighted by Gasteiger charge is -2.05. The van der Waals surface area contributed by atoms with Crippen LogP contribution in [0.4, 0.5) is 0 Å². The second-order valence-corrected chi connectivity index (χ2v) is 3.93. The van der Waals surface area contributed by atoms with Gasteiger partial charge in [0.1, 0.15) is 17.9 Å². The molecule has 0 aliphatic rings. The highest BCUT2D eigenvalue weighted by Crippen LogP contribution is 2.25. The van der Waals surface area contributed by atoms with E-state index in [2.05, 4.69) is 0 Å². The van der Waals surface area contributed by atoms with Crippen LogP contribution in [0.5, 0.6) is 5.75 Å². The number of esters is 1. The first-order valence-electron chi connectivity index (χ1n) is 6.17. The van der Waals surface area contributed by atoms with Crippen molar-refractivity contribution in [1.82, 2.24) is 0 Å². The average molecular weight is 274 g/mol. The van der Waals surface area contributed by atoms with Gasteiger partial charge >= 0.3 is 5.97 Å². The third-order valence-corrected chi connectivity index (χ3v) is 2.59. The Morgan fingerprint density at radius 3 is 3.00 bits per heavy atom. The van der Waals surface area contributed by atoms with Gasteiger partial charge in [-0.25, -0.2) is 4.79 Å². The highest BCUT2D eigenvalue weighted by molar-refractivity contribution is 5.89. The topological polar surface area (TPSA) is 65.7 Å². The van der Waals surface area contributed by atoms with Crippen molar-refractivity contribution in [2.75, 3.05) is 13.2 Å². The van der Waals surface area contributed by atoms with Gasteiger partial charge in [0.05, 0.1) is 18.4 Å².